The highest BCUT2D eigenvalue weighted by molar-refractivity contribution is 5.96. The Morgan fingerprint density at radius 1 is 1.21 bits per heavy atom. The molecule has 2 aliphatic rings. The molecule has 0 N–H and O–H groups in total. The van der Waals surface area contributed by atoms with E-state index in [0.29, 0.717) is 49.5 Å². The van der Waals surface area contributed by atoms with E-state index in [-0.39, 0.29) is 18.4 Å². The molecule has 2 amide bonds. The summed E-state index contributed by atoms with van der Waals surface area (Å²) < 4.78 is 11.3. The summed E-state index contributed by atoms with van der Waals surface area (Å²) in [6.45, 7) is 5.60. The van der Waals surface area contributed by atoms with Gasteiger partial charge in [-0.05, 0) is 44.7 Å². The predicted molar refractivity (Wildman–Crippen MR) is 108 cm³/mol. The number of hydrogen-bond acceptors (Lipinski definition) is 5. The van der Waals surface area contributed by atoms with E-state index in [4.69, 9.17) is 9.26 Å². The Balaban J connectivity index is 1.50. The topological polar surface area (TPSA) is 75.9 Å². The fraction of sp³-hybridized carbons (Fsp3) is 0.500. The highest BCUT2D eigenvalue weighted by Gasteiger charge is 2.42. The molecule has 1 aromatic heterocycles. The fourth-order valence-corrected chi connectivity index (χ4v) is 4.32. The highest BCUT2D eigenvalue weighted by atomic mass is 16.5. The molecule has 154 valence electrons. The molecule has 2 aromatic rings. The number of anilines is 1. The number of morpholine rings is 1. The molecule has 2 aliphatic heterocycles. The third-order valence-electron chi connectivity index (χ3n) is 5.98. The number of amides is 2. The molecular weight excluding hydrogens is 370 g/mol. The number of ether oxygens (including phenoxy) is 1. The van der Waals surface area contributed by atoms with Crippen molar-refractivity contribution in [3.05, 3.63) is 47.3 Å². The summed E-state index contributed by atoms with van der Waals surface area (Å²) in [5.41, 5.74) is 1.77. The number of para-hydroxylation sites is 1. The average Bonchev–Trinajstić information content (AvgIpc) is 3.00. The van der Waals surface area contributed by atoms with Crippen LogP contribution in [0.15, 0.2) is 34.9 Å². The summed E-state index contributed by atoms with van der Waals surface area (Å²) in [5.74, 6) is 0.525. The molecule has 1 aromatic carbocycles. The van der Waals surface area contributed by atoms with Crippen LogP contribution in [0.4, 0.5) is 5.69 Å². The third kappa shape index (κ3) is 3.79. The van der Waals surface area contributed by atoms with Crippen molar-refractivity contribution < 1.29 is 18.8 Å². The maximum absolute atomic E-state index is 13.1. The molecule has 1 atom stereocenters. The summed E-state index contributed by atoms with van der Waals surface area (Å²) in [6.07, 6.45) is 3.00. The Morgan fingerprint density at radius 2 is 2.00 bits per heavy atom. The van der Waals surface area contributed by atoms with Gasteiger partial charge in [0.15, 0.2) is 0 Å². The number of carbonyl (C=O) groups excluding carboxylic acids is 2. The average molecular weight is 397 g/mol. The normalized spacial score (nSPS) is 22.8. The zero-order valence-electron chi connectivity index (χ0n) is 17.0. The Hall–Kier alpha value is -2.67. The molecule has 0 aliphatic carbocycles. The van der Waals surface area contributed by atoms with Gasteiger partial charge < -0.3 is 19.1 Å². The van der Waals surface area contributed by atoms with Gasteiger partial charge in [-0.25, -0.2) is 0 Å². The number of rotatable bonds is 3. The van der Waals surface area contributed by atoms with Crippen LogP contribution in [0.25, 0.3) is 0 Å². The van der Waals surface area contributed by atoms with E-state index < -0.39 is 5.60 Å². The highest BCUT2D eigenvalue weighted by Crippen LogP contribution is 2.33. The standard InChI is InChI=1S/C22H27N3O4/c1-3-18-20(16(2)29-23-18)21(27)24-12-7-10-22(11-13-24)15-25(19(26)14-28-22)17-8-5-4-6-9-17/h4-6,8-9H,3,7,10-15H2,1-2H3. The van der Waals surface area contributed by atoms with Crippen molar-refractivity contribution in [2.45, 2.75) is 45.1 Å². The molecule has 1 spiro atoms. The lowest BCUT2D eigenvalue weighted by molar-refractivity contribution is -0.140. The summed E-state index contributed by atoms with van der Waals surface area (Å²) in [7, 11) is 0. The minimum atomic E-state index is -0.421. The van der Waals surface area contributed by atoms with Crippen LogP contribution in [0.1, 0.15) is 48.0 Å². The first-order chi connectivity index (χ1) is 14.0. The molecule has 2 saturated heterocycles. The summed E-state index contributed by atoms with van der Waals surface area (Å²) in [4.78, 5) is 29.3. The van der Waals surface area contributed by atoms with E-state index in [1.807, 2.05) is 47.1 Å². The van der Waals surface area contributed by atoms with Crippen LogP contribution in [0, 0.1) is 6.92 Å². The molecule has 0 radical (unpaired) electrons. The van der Waals surface area contributed by atoms with Gasteiger partial charge in [-0.2, -0.15) is 0 Å². The number of carbonyl (C=O) groups is 2. The number of likely N-dealkylation sites (tertiary alicyclic amines) is 1. The number of hydrogen-bond donors (Lipinski definition) is 0. The first-order valence-electron chi connectivity index (χ1n) is 10.3. The van der Waals surface area contributed by atoms with Crippen molar-refractivity contribution in [1.82, 2.24) is 10.1 Å². The lowest BCUT2D eigenvalue weighted by atomic mass is 9.92. The largest absolute Gasteiger partial charge is 0.363 e. The van der Waals surface area contributed by atoms with Gasteiger partial charge in [0.1, 0.15) is 17.9 Å². The van der Waals surface area contributed by atoms with Gasteiger partial charge in [0.25, 0.3) is 11.8 Å². The molecule has 4 rings (SSSR count). The van der Waals surface area contributed by atoms with Crippen molar-refractivity contribution in [2.24, 2.45) is 0 Å². The van der Waals surface area contributed by atoms with E-state index >= 15 is 0 Å². The third-order valence-corrected chi connectivity index (χ3v) is 5.98. The number of aryl methyl sites for hydroxylation is 2. The van der Waals surface area contributed by atoms with Gasteiger partial charge in [-0.15, -0.1) is 0 Å². The maximum atomic E-state index is 13.1. The predicted octanol–water partition coefficient (Wildman–Crippen LogP) is 2.97. The lowest BCUT2D eigenvalue weighted by Crippen LogP contribution is -2.55. The zero-order chi connectivity index (χ0) is 20.4. The SMILES string of the molecule is CCc1noc(C)c1C(=O)N1CCCC2(CC1)CN(c1ccccc1)C(=O)CO2. The zero-order valence-corrected chi connectivity index (χ0v) is 17.0. The second kappa shape index (κ2) is 7.99. The van der Waals surface area contributed by atoms with Gasteiger partial charge in [-0.3, -0.25) is 9.59 Å². The van der Waals surface area contributed by atoms with Gasteiger partial charge in [0.05, 0.1) is 17.8 Å². The second-order valence-electron chi connectivity index (χ2n) is 7.85. The molecular formula is C22H27N3O4. The first-order valence-corrected chi connectivity index (χ1v) is 10.3. The van der Waals surface area contributed by atoms with Crippen LogP contribution < -0.4 is 4.90 Å². The van der Waals surface area contributed by atoms with Crippen molar-refractivity contribution in [3.8, 4) is 0 Å². The number of benzene rings is 1. The molecule has 7 nitrogen and oxygen atoms in total. The van der Waals surface area contributed by atoms with Crippen molar-refractivity contribution in [3.63, 3.8) is 0 Å². The summed E-state index contributed by atoms with van der Waals surface area (Å²) in [6, 6.07) is 9.71. The Labute approximate surface area is 170 Å². The van der Waals surface area contributed by atoms with Gasteiger partial charge in [-0.1, -0.05) is 30.3 Å². The van der Waals surface area contributed by atoms with Crippen LogP contribution in [0.5, 0.6) is 0 Å². The molecule has 0 saturated carbocycles. The smallest absolute Gasteiger partial charge is 0.259 e. The van der Waals surface area contributed by atoms with Crippen LogP contribution in [-0.2, 0) is 16.0 Å². The molecule has 0 bridgehead atoms. The van der Waals surface area contributed by atoms with E-state index in [0.717, 1.165) is 18.5 Å². The van der Waals surface area contributed by atoms with Crippen LogP contribution >= 0.6 is 0 Å². The van der Waals surface area contributed by atoms with Crippen molar-refractivity contribution in [1.29, 1.82) is 0 Å². The molecule has 1 unspecified atom stereocenters. The molecule has 7 heteroatoms. The van der Waals surface area contributed by atoms with E-state index in [9.17, 15) is 9.59 Å². The van der Waals surface area contributed by atoms with Crippen LogP contribution in [0.2, 0.25) is 0 Å². The monoisotopic (exact) mass is 397 g/mol. The van der Waals surface area contributed by atoms with Crippen LogP contribution in [-0.4, -0.2) is 53.7 Å². The minimum absolute atomic E-state index is 0.0216. The Bertz CT molecular complexity index is 895. The number of nitrogens with zero attached hydrogens (tertiary/aromatic N) is 3. The van der Waals surface area contributed by atoms with Gasteiger partial charge in [0.2, 0.25) is 0 Å². The van der Waals surface area contributed by atoms with Gasteiger partial charge in [0, 0.05) is 18.8 Å². The van der Waals surface area contributed by atoms with E-state index in [2.05, 4.69) is 5.16 Å². The van der Waals surface area contributed by atoms with Crippen molar-refractivity contribution in [2.75, 3.05) is 31.1 Å². The Morgan fingerprint density at radius 3 is 2.76 bits per heavy atom. The second-order valence-corrected chi connectivity index (χ2v) is 7.85. The summed E-state index contributed by atoms with van der Waals surface area (Å²) >= 11 is 0. The lowest BCUT2D eigenvalue weighted by Gasteiger charge is -2.42. The minimum Gasteiger partial charge on any atom is -0.363 e. The quantitative estimate of drug-likeness (QED) is 0.796. The Kier molecular flexibility index (Phi) is 5.41. The number of aromatic nitrogens is 1. The molecule has 2 fully saturated rings. The van der Waals surface area contributed by atoms with E-state index in [1.165, 1.54) is 0 Å². The first kappa shape index (κ1) is 19.6. The fourth-order valence-electron chi connectivity index (χ4n) is 4.32. The molecule has 3 heterocycles. The van der Waals surface area contributed by atoms with Crippen molar-refractivity contribution >= 4 is 17.5 Å². The van der Waals surface area contributed by atoms with E-state index in [1.54, 1.807) is 6.92 Å². The molecule has 29 heavy (non-hydrogen) atoms. The van der Waals surface area contributed by atoms with Crippen LogP contribution in [0.3, 0.4) is 0 Å². The van der Waals surface area contributed by atoms with Gasteiger partial charge >= 0.3 is 0 Å². The maximum Gasteiger partial charge on any atom is 0.259 e. The summed E-state index contributed by atoms with van der Waals surface area (Å²) in [5, 5.41) is 4.02.